The van der Waals surface area contributed by atoms with Gasteiger partial charge in [-0.2, -0.15) is 0 Å². The summed E-state index contributed by atoms with van der Waals surface area (Å²) in [7, 11) is 0. The molecule has 2 nitrogen and oxygen atoms in total. The Morgan fingerprint density at radius 2 is 1.65 bits per heavy atom. The summed E-state index contributed by atoms with van der Waals surface area (Å²) in [5, 5.41) is 3.75. The first kappa shape index (κ1) is 16.9. The third-order valence-electron chi connectivity index (χ3n) is 3.59. The molecular formula is C15H34N2. The summed E-state index contributed by atoms with van der Waals surface area (Å²) in [6.45, 7) is 16.1. The molecule has 0 aromatic rings. The van der Waals surface area contributed by atoms with Gasteiger partial charge in [0.15, 0.2) is 0 Å². The van der Waals surface area contributed by atoms with Gasteiger partial charge in [0.25, 0.3) is 0 Å². The van der Waals surface area contributed by atoms with Crippen LogP contribution in [0.2, 0.25) is 0 Å². The molecule has 2 atom stereocenters. The van der Waals surface area contributed by atoms with Crippen LogP contribution in [-0.4, -0.2) is 36.1 Å². The van der Waals surface area contributed by atoms with Crippen LogP contribution in [0.1, 0.15) is 67.2 Å². The zero-order valence-electron chi connectivity index (χ0n) is 12.9. The maximum absolute atomic E-state index is 3.75. The van der Waals surface area contributed by atoms with Crippen molar-refractivity contribution in [1.29, 1.82) is 0 Å². The van der Waals surface area contributed by atoms with Gasteiger partial charge >= 0.3 is 0 Å². The Balaban J connectivity index is 4.61. The standard InChI is InChI=1S/C15H34N2/c1-7-11-14(16-12-8-2)15(9-3)17(10-4)13(5)6/h13-16H,7-12H2,1-6H3. The number of nitrogens with one attached hydrogen (secondary N) is 1. The predicted molar refractivity (Wildman–Crippen MR) is 78.6 cm³/mol. The van der Waals surface area contributed by atoms with E-state index in [1.54, 1.807) is 0 Å². The monoisotopic (exact) mass is 242 g/mol. The Labute approximate surface area is 109 Å². The molecule has 0 aliphatic carbocycles. The van der Waals surface area contributed by atoms with Crippen molar-refractivity contribution in [3.63, 3.8) is 0 Å². The van der Waals surface area contributed by atoms with Gasteiger partial charge < -0.3 is 5.32 Å². The van der Waals surface area contributed by atoms with E-state index in [0.29, 0.717) is 18.1 Å². The van der Waals surface area contributed by atoms with Crippen LogP contribution >= 0.6 is 0 Å². The van der Waals surface area contributed by atoms with Crippen LogP contribution in [-0.2, 0) is 0 Å². The van der Waals surface area contributed by atoms with Gasteiger partial charge in [0.2, 0.25) is 0 Å². The summed E-state index contributed by atoms with van der Waals surface area (Å²) in [6.07, 6.45) is 5.03. The Hall–Kier alpha value is -0.0800. The van der Waals surface area contributed by atoms with Crippen molar-refractivity contribution in [1.82, 2.24) is 10.2 Å². The highest BCUT2D eigenvalue weighted by molar-refractivity contribution is 4.84. The second-order valence-electron chi connectivity index (χ2n) is 5.25. The molecule has 0 bridgehead atoms. The molecule has 0 saturated carbocycles. The minimum Gasteiger partial charge on any atom is -0.312 e. The summed E-state index contributed by atoms with van der Waals surface area (Å²) in [6, 6.07) is 1.99. The highest BCUT2D eigenvalue weighted by atomic mass is 15.2. The first-order valence-electron chi connectivity index (χ1n) is 7.61. The smallest absolute Gasteiger partial charge is 0.0249 e. The molecule has 2 unspecified atom stereocenters. The molecule has 17 heavy (non-hydrogen) atoms. The number of hydrogen-bond donors (Lipinski definition) is 1. The average molecular weight is 242 g/mol. The lowest BCUT2D eigenvalue weighted by Crippen LogP contribution is -2.52. The lowest BCUT2D eigenvalue weighted by molar-refractivity contribution is 0.119. The minimum atomic E-state index is 0.646. The van der Waals surface area contributed by atoms with Crippen molar-refractivity contribution in [3.05, 3.63) is 0 Å². The molecule has 0 aliphatic heterocycles. The van der Waals surface area contributed by atoms with Crippen LogP contribution < -0.4 is 5.32 Å². The van der Waals surface area contributed by atoms with Gasteiger partial charge in [-0.15, -0.1) is 0 Å². The Morgan fingerprint density at radius 1 is 1.00 bits per heavy atom. The highest BCUT2D eigenvalue weighted by Gasteiger charge is 2.25. The van der Waals surface area contributed by atoms with Gasteiger partial charge in [-0.05, 0) is 46.2 Å². The maximum Gasteiger partial charge on any atom is 0.0249 e. The van der Waals surface area contributed by atoms with E-state index in [4.69, 9.17) is 0 Å². The quantitative estimate of drug-likeness (QED) is 0.629. The van der Waals surface area contributed by atoms with Crippen LogP contribution in [0.25, 0.3) is 0 Å². The van der Waals surface area contributed by atoms with Crippen molar-refractivity contribution in [2.75, 3.05) is 13.1 Å². The first-order valence-corrected chi connectivity index (χ1v) is 7.61. The summed E-state index contributed by atoms with van der Waals surface area (Å²) in [5.74, 6) is 0. The molecule has 0 saturated heterocycles. The largest absolute Gasteiger partial charge is 0.312 e. The van der Waals surface area contributed by atoms with Crippen LogP contribution in [0.15, 0.2) is 0 Å². The molecule has 0 rings (SSSR count). The van der Waals surface area contributed by atoms with Crippen LogP contribution in [0.5, 0.6) is 0 Å². The van der Waals surface area contributed by atoms with E-state index < -0.39 is 0 Å². The fraction of sp³-hybridized carbons (Fsp3) is 1.00. The highest BCUT2D eigenvalue weighted by Crippen LogP contribution is 2.16. The fourth-order valence-corrected chi connectivity index (χ4v) is 2.80. The third-order valence-corrected chi connectivity index (χ3v) is 3.59. The SMILES string of the molecule is CCCNC(CCC)C(CC)N(CC)C(C)C. The molecule has 0 fully saturated rings. The molecule has 0 amide bonds. The molecule has 0 aliphatic rings. The summed E-state index contributed by atoms with van der Waals surface area (Å²) >= 11 is 0. The van der Waals surface area contributed by atoms with Gasteiger partial charge in [0.05, 0.1) is 0 Å². The maximum atomic E-state index is 3.75. The Morgan fingerprint density at radius 3 is 2.00 bits per heavy atom. The molecule has 1 N–H and O–H groups in total. The zero-order valence-corrected chi connectivity index (χ0v) is 12.9. The topological polar surface area (TPSA) is 15.3 Å². The van der Waals surface area contributed by atoms with Crippen molar-refractivity contribution in [3.8, 4) is 0 Å². The van der Waals surface area contributed by atoms with Crippen LogP contribution in [0.3, 0.4) is 0 Å². The molecule has 0 aromatic heterocycles. The van der Waals surface area contributed by atoms with Gasteiger partial charge in [-0.25, -0.2) is 0 Å². The first-order chi connectivity index (χ1) is 8.12. The zero-order chi connectivity index (χ0) is 13.3. The summed E-state index contributed by atoms with van der Waals surface area (Å²) in [4.78, 5) is 2.64. The van der Waals surface area contributed by atoms with Gasteiger partial charge in [0.1, 0.15) is 0 Å². The van der Waals surface area contributed by atoms with E-state index in [-0.39, 0.29) is 0 Å². The normalized spacial score (nSPS) is 15.5. The van der Waals surface area contributed by atoms with Crippen LogP contribution in [0, 0.1) is 0 Å². The molecular weight excluding hydrogens is 208 g/mol. The van der Waals surface area contributed by atoms with E-state index in [1.165, 1.54) is 25.7 Å². The number of likely N-dealkylation sites (N-methyl/N-ethyl adjacent to an activating group) is 1. The van der Waals surface area contributed by atoms with E-state index in [0.717, 1.165) is 13.1 Å². The van der Waals surface area contributed by atoms with E-state index >= 15 is 0 Å². The molecule has 0 spiro atoms. The van der Waals surface area contributed by atoms with Crippen molar-refractivity contribution in [2.24, 2.45) is 0 Å². The average Bonchev–Trinajstić information content (AvgIpc) is 2.31. The second-order valence-corrected chi connectivity index (χ2v) is 5.25. The molecule has 0 radical (unpaired) electrons. The predicted octanol–water partition coefficient (Wildman–Crippen LogP) is 3.66. The molecule has 2 heteroatoms. The minimum absolute atomic E-state index is 0.646. The second kappa shape index (κ2) is 9.90. The number of rotatable bonds is 10. The fourth-order valence-electron chi connectivity index (χ4n) is 2.80. The molecule has 0 aromatic carbocycles. The van der Waals surface area contributed by atoms with Gasteiger partial charge in [-0.3, -0.25) is 4.90 Å². The van der Waals surface area contributed by atoms with Gasteiger partial charge in [0, 0.05) is 18.1 Å². The van der Waals surface area contributed by atoms with E-state index in [1.807, 2.05) is 0 Å². The molecule has 104 valence electrons. The van der Waals surface area contributed by atoms with E-state index in [9.17, 15) is 0 Å². The van der Waals surface area contributed by atoms with Crippen molar-refractivity contribution in [2.45, 2.75) is 85.4 Å². The lowest BCUT2D eigenvalue weighted by atomic mass is 9.97. The molecule has 0 heterocycles. The van der Waals surface area contributed by atoms with Crippen molar-refractivity contribution >= 4 is 0 Å². The van der Waals surface area contributed by atoms with Gasteiger partial charge in [-0.1, -0.05) is 34.1 Å². The number of nitrogens with zero attached hydrogens (tertiary/aromatic N) is 1. The Bertz CT molecular complexity index is 168. The Kier molecular flexibility index (Phi) is 9.85. The third kappa shape index (κ3) is 5.87. The lowest BCUT2D eigenvalue weighted by Gasteiger charge is -2.39. The summed E-state index contributed by atoms with van der Waals surface area (Å²) < 4.78 is 0. The number of hydrogen-bond acceptors (Lipinski definition) is 2. The summed E-state index contributed by atoms with van der Waals surface area (Å²) in [5.41, 5.74) is 0. The van der Waals surface area contributed by atoms with E-state index in [2.05, 4.69) is 51.8 Å². The van der Waals surface area contributed by atoms with Crippen LogP contribution in [0.4, 0.5) is 0 Å². The van der Waals surface area contributed by atoms with Crippen molar-refractivity contribution < 1.29 is 0 Å².